The van der Waals surface area contributed by atoms with E-state index in [0.29, 0.717) is 22.9 Å². The van der Waals surface area contributed by atoms with Crippen molar-refractivity contribution in [3.8, 4) is 17.2 Å². The van der Waals surface area contributed by atoms with Crippen molar-refractivity contribution >= 4 is 53.4 Å². The normalized spacial score (nSPS) is 10.3. The standard InChI is InChI=1S/C23H21ClFN3O5S/c1-31-19-12-20(32-2)17(11-15(19)24)27-23(30)28(34)18-9-8-13(10-21(18)33-3)26-22(29)14-6-4-5-7-16(14)25/h4-12,34H,1-3H3,(H,26,29)(H,27,30). The molecule has 0 aliphatic carbocycles. The lowest BCUT2D eigenvalue weighted by atomic mass is 10.2. The molecule has 0 heterocycles. The smallest absolute Gasteiger partial charge is 0.336 e. The first-order valence-electron chi connectivity index (χ1n) is 9.74. The molecule has 11 heteroatoms. The number of rotatable bonds is 7. The van der Waals surface area contributed by atoms with E-state index in [0.717, 1.165) is 4.31 Å². The summed E-state index contributed by atoms with van der Waals surface area (Å²) in [5.41, 5.74) is 0.809. The van der Waals surface area contributed by atoms with E-state index >= 15 is 0 Å². The Labute approximate surface area is 206 Å². The highest BCUT2D eigenvalue weighted by atomic mass is 35.5. The predicted molar refractivity (Wildman–Crippen MR) is 132 cm³/mol. The molecule has 3 rings (SSSR count). The van der Waals surface area contributed by atoms with E-state index in [1.165, 1.54) is 69.9 Å². The van der Waals surface area contributed by atoms with E-state index in [1.807, 2.05) is 0 Å². The molecule has 0 saturated carbocycles. The second-order valence-corrected chi connectivity index (χ2v) is 7.56. The van der Waals surface area contributed by atoms with Gasteiger partial charge in [0.15, 0.2) is 0 Å². The van der Waals surface area contributed by atoms with Crippen LogP contribution < -0.4 is 29.1 Å². The maximum absolute atomic E-state index is 13.9. The van der Waals surface area contributed by atoms with Crippen LogP contribution in [0.4, 0.5) is 26.2 Å². The zero-order valence-corrected chi connectivity index (χ0v) is 20.0. The van der Waals surface area contributed by atoms with Gasteiger partial charge in [0.05, 0.1) is 43.3 Å². The number of ether oxygens (including phenoxy) is 3. The quantitative estimate of drug-likeness (QED) is 0.362. The van der Waals surface area contributed by atoms with Crippen molar-refractivity contribution in [2.75, 3.05) is 36.3 Å². The summed E-state index contributed by atoms with van der Waals surface area (Å²) in [4.78, 5) is 25.2. The Morgan fingerprint density at radius 2 is 1.59 bits per heavy atom. The number of hydrogen-bond acceptors (Lipinski definition) is 6. The molecule has 3 amide bonds. The van der Waals surface area contributed by atoms with Crippen LogP contribution in [0.3, 0.4) is 0 Å². The van der Waals surface area contributed by atoms with Crippen LogP contribution in [-0.2, 0) is 0 Å². The molecule has 0 fully saturated rings. The molecule has 8 nitrogen and oxygen atoms in total. The molecular formula is C23H21ClFN3O5S. The van der Waals surface area contributed by atoms with Crippen LogP contribution in [0.25, 0.3) is 0 Å². The Morgan fingerprint density at radius 3 is 2.24 bits per heavy atom. The monoisotopic (exact) mass is 505 g/mol. The molecule has 0 unspecified atom stereocenters. The third kappa shape index (κ3) is 5.46. The average Bonchev–Trinajstić information content (AvgIpc) is 2.83. The molecule has 2 N–H and O–H groups in total. The van der Waals surface area contributed by atoms with Crippen LogP contribution in [0, 0.1) is 5.82 Å². The van der Waals surface area contributed by atoms with Crippen molar-refractivity contribution in [2.45, 2.75) is 0 Å². The first-order chi connectivity index (χ1) is 16.3. The van der Waals surface area contributed by atoms with Gasteiger partial charge in [0.25, 0.3) is 5.91 Å². The highest BCUT2D eigenvalue weighted by Crippen LogP contribution is 2.37. The maximum Gasteiger partial charge on any atom is 0.336 e. The van der Waals surface area contributed by atoms with Gasteiger partial charge < -0.3 is 24.8 Å². The molecule has 0 aliphatic heterocycles. The van der Waals surface area contributed by atoms with Crippen LogP contribution in [0.5, 0.6) is 17.2 Å². The van der Waals surface area contributed by atoms with Crippen molar-refractivity contribution < 1.29 is 28.2 Å². The summed E-state index contributed by atoms with van der Waals surface area (Å²) >= 11 is 10.4. The average molecular weight is 506 g/mol. The number of amides is 3. The first kappa shape index (κ1) is 25.0. The molecule has 3 aromatic rings. The van der Waals surface area contributed by atoms with Crippen molar-refractivity contribution in [2.24, 2.45) is 0 Å². The van der Waals surface area contributed by atoms with E-state index in [4.69, 9.17) is 25.8 Å². The number of halogens is 2. The van der Waals surface area contributed by atoms with Crippen LogP contribution >= 0.6 is 24.4 Å². The van der Waals surface area contributed by atoms with Crippen LogP contribution in [0.15, 0.2) is 54.6 Å². The van der Waals surface area contributed by atoms with Gasteiger partial charge in [-0.1, -0.05) is 36.5 Å². The summed E-state index contributed by atoms with van der Waals surface area (Å²) in [5, 5.41) is 5.53. The van der Waals surface area contributed by atoms with Gasteiger partial charge in [-0.2, -0.15) is 0 Å². The first-order valence-corrected chi connectivity index (χ1v) is 10.5. The number of thiol groups is 1. The zero-order chi connectivity index (χ0) is 24.8. The molecule has 0 atom stereocenters. The lowest BCUT2D eigenvalue weighted by Crippen LogP contribution is -2.27. The number of benzene rings is 3. The van der Waals surface area contributed by atoms with E-state index in [2.05, 4.69) is 23.4 Å². The van der Waals surface area contributed by atoms with Gasteiger partial charge in [-0.3, -0.25) is 4.79 Å². The second kappa shape index (κ2) is 11.0. The van der Waals surface area contributed by atoms with Gasteiger partial charge in [-0.15, -0.1) is 0 Å². The Kier molecular flexibility index (Phi) is 8.08. The van der Waals surface area contributed by atoms with Gasteiger partial charge in [0.2, 0.25) is 0 Å². The number of hydrogen-bond donors (Lipinski definition) is 3. The zero-order valence-electron chi connectivity index (χ0n) is 18.4. The van der Waals surface area contributed by atoms with Gasteiger partial charge >= 0.3 is 6.03 Å². The number of nitrogens with zero attached hydrogens (tertiary/aromatic N) is 1. The third-order valence-corrected chi connectivity index (χ3v) is 5.38. The highest BCUT2D eigenvalue weighted by molar-refractivity contribution is 7.82. The predicted octanol–water partition coefficient (Wildman–Crippen LogP) is 5.64. The number of urea groups is 1. The summed E-state index contributed by atoms with van der Waals surface area (Å²) in [6, 6.07) is 12.5. The summed E-state index contributed by atoms with van der Waals surface area (Å²) in [5.74, 6) is -0.327. The SMILES string of the molecule is COc1cc(OC)c(NC(=O)N(S)c2ccc(NC(=O)c3ccccc3F)cc2OC)cc1Cl. The third-order valence-electron chi connectivity index (χ3n) is 4.69. The number of methoxy groups -OCH3 is 3. The van der Waals surface area contributed by atoms with Crippen molar-refractivity contribution in [3.05, 3.63) is 71.0 Å². The minimum atomic E-state index is -0.643. The number of carbonyl (C=O) groups excluding carboxylic acids is 2. The van der Waals surface area contributed by atoms with Gasteiger partial charge in [0, 0.05) is 17.8 Å². The molecule has 3 aromatic carbocycles. The molecule has 0 saturated heterocycles. The molecule has 178 valence electrons. The van der Waals surface area contributed by atoms with Gasteiger partial charge in [-0.25, -0.2) is 13.5 Å². The molecule has 0 bridgehead atoms. The van der Waals surface area contributed by atoms with Crippen LogP contribution in [0.2, 0.25) is 5.02 Å². The lowest BCUT2D eigenvalue weighted by Gasteiger charge is -2.21. The Balaban J connectivity index is 1.80. The second-order valence-electron chi connectivity index (χ2n) is 6.75. The summed E-state index contributed by atoms with van der Waals surface area (Å²) in [6.07, 6.45) is 0. The fourth-order valence-electron chi connectivity index (χ4n) is 3.01. The maximum atomic E-state index is 13.9. The van der Waals surface area contributed by atoms with Gasteiger partial charge in [-0.05, 0) is 30.3 Å². The molecule has 34 heavy (non-hydrogen) atoms. The molecular weight excluding hydrogens is 485 g/mol. The topological polar surface area (TPSA) is 89.1 Å². The Hall–Kier alpha value is -3.63. The van der Waals surface area contributed by atoms with E-state index in [-0.39, 0.29) is 22.0 Å². The molecule has 0 spiro atoms. The van der Waals surface area contributed by atoms with E-state index in [1.54, 1.807) is 6.07 Å². The highest BCUT2D eigenvalue weighted by Gasteiger charge is 2.20. The van der Waals surface area contributed by atoms with Crippen molar-refractivity contribution in [1.82, 2.24) is 0 Å². The van der Waals surface area contributed by atoms with Crippen molar-refractivity contribution in [3.63, 3.8) is 0 Å². The summed E-state index contributed by atoms with van der Waals surface area (Å²) < 4.78 is 30.7. The van der Waals surface area contributed by atoms with Crippen LogP contribution in [-0.4, -0.2) is 33.3 Å². The molecule has 0 aromatic heterocycles. The number of anilines is 3. The van der Waals surface area contributed by atoms with Crippen LogP contribution in [0.1, 0.15) is 10.4 Å². The number of carbonyl (C=O) groups is 2. The fourth-order valence-corrected chi connectivity index (χ4v) is 3.47. The minimum absolute atomic E-state index is 0.104. The number of nitrogens with one attached hydrogen (secondary N) is 2. The Morgan fingerprint density at radius 1 is 0.912 bits per heavy atom. The lowest BCUT2D eigenvalue weighted by molar-refractivity contribution is 0.102. The van der Waals surface area contributed by atoms with E-state index in [9.17, 15) is 14.0 Å². The van der Waals surface area contributed by atoms with Gasteiger partial charge in [0.1, 0.15) is 23.1 Å². The Bertz CT molecular complexity index is 1230. The molecule has 0 aliphatic rings. The fraction of sp³-hybridized carbons (Fsp3) is 0.130. The van der Waals surface area contributed by atoms with Crippen molar-refractivity contribution in [1.29, 1.82) is 0 Å². The summed E-state index contributed by atoms with van der Waals surface area (Å²) in [6.45, 7) is 0. The molecule has 0 radical (unpaired) electrons. The minimum Gasteiger partial charge on any atom is -0.495 e. The van der Waals surface area contributed by atoms with E-state index < -0.39 is 17.8 Å². The summed E-state index contributed by atoms with van der Waals surface area (Å²) in [7, 11) is 4.30. The largest absolute Gasteiger partial charge is 0.495 e.